The number of nitrogens with zero attached hydrogens (tertiary/aromatic N) is 2. The van der Waals surface area contributed by atoms with E-state index in [4.69, 9.17) is 20.8 Å². The molecule has 0 saturated carbocycles. The van der Waals surface area contributed by atoms with Gasteiger partial charge in [0.15, 0.2) is 5.58 Å². The summed E-state index contributed by atoms with van der Waals surface area (Å²) >= 11 is 6.49. The van der Waals surface area contributed by atoms with Gasteiger partial charge in [0.1, 0.15) is 11.5 Å². The Hall–Kier alpha value is -4.15. The van der Waals surface area contributed by atoms with Gasteiger partial charge in [-0.3, -0.25) is 14.6 Å². The lowest BCUT2D eigenvalue weighted by Gasteiger charge is -2.26. The molecule has 0 bridgehead atoms. The molecule has 7 nitrogen and oxygen atoms in total. The molecule has 11 heteroatoms. The first-order valence-electron chi connectivity index (χ1n) is 12.4. The Bertz CT molecular complexity index is 1560. The fourth-order valence-corrected chi connectivity index (χ4v) is 4.51. The zero-order valence-electron chi connectivity index (χ0n) is 21.0. The summed E-state index contributed by atoms with van der Waals surface area (Å²) in [7, 11) is 0. The number of benzene rings is 2. The van der Waals surface area contributed by atoms with Crippen molar-refractivity contribution >= 4 is 40.5 Å². The van der Waals surface area contributed by atoms with Crippen molar-refractivity contribution in [2.75, 3.05) is 26.3 Å². The Balaban J connectivity index is 1.23. The Labute approximate surface area is 232 Å². The minimum absolute atomic E-state index is 0.0317. The summed E-state index contributed by atoms with van der Waals surface area (Å²) in [6.45, 7) is 2.30. The number of morpholine rings is 1. The van der Waals surface area contributed by atoms with Crippen LogP contribution in [0.3, 0.4) is 0 Å². The van der Waals surface area contributed by atoms with Crippen molar-refractivity contribution in [1.29, 1.82) is 0 Å². The lowest BCUT2D eigenvalue weighted by atomic mass is 10.0. The van der Waals surface area contributed by atoms with Gasteiger partial charge in [0.25, 0.3) is 5.91 Å². The van der Waals surface area contributed by atoms with Crippen LogP contribution >= 0.6 is 11.6 Å². The predicted octanol–water partition coefficient (Wildman–Crippen LogP) is 5.97. The molecule has 1 fully saturated rings. The molecule has 0 radical (unpaired) electrons. The van der Waals surface area contributed by atoms with Gasteiger partial charge < -0.3 is 19.4 Å². The van der Waals surface area contributed by atoms with Crippen molar-refractivity contribution in [2.24, 2.45) is 0 Å². The number of carbonyl (C=O) groups excluding carboxylic acids is 2. The van der Waals surface area contributed by atoms with E-state index in [-0.39, 0.29) is 12.5 Å². The van der Waals surface area contributed by atoms with Crippen molar-refractivity contribution in [3.8, 4) is 11.1 Å². The van der Waals surface area contributed by atoms with E-state index in [1.807, 2.05) is 18.2 Å². The van der Waals surface area contributed by atoms with Gasteiger partial charge in [-0.05, 0) is 59.2 Å². The number of aromatic nitrogens is 1. The third-order valence-electron chi connectivity index (χ3n) is 6.33. The highest BCUT2D eigenvalue weighted by molar-refractivity contribution is 6.35. The summed E-state index contributed by atoms with van der Waals surface area (Å²) in [6, 6.07) is 14.8. The maximum absolute atomic E-state index is 12.7. The lowest BCUT2D eigenvalue weighted by molar-refractivity contribution is -0.141. The number of carbonyl (C=O) groups is 2. The zero-order valence-corrected chi connectivity index (χ0v) is 21.8. The Morgan fingerprint density at radius 3 is 2.45 bits per heavy atom. The van der Waals surface area contributed by atoms with E-state index in [1.54, 1.807) is 29.2 Å². The van der Waals surface area contributed by atoms with Crippen molar-refractivity contribution < 1.29 is 31.9 Å². The smallest absolute Gasteiger partial charge is 0.433 e. The molecule has 1 saturated heterocycles. The number of halogens is 4. The van der Waals surface area contributed by atoms with Crippen LogP contribution in [0.5, 0.6) is 0 Å². The van der Waals surface area contributed by atoms with Crippen molar-refractivity contribution in [1.82, 2.24) is 15.2 Å². The highest BCUT2D eigenvalue weighted by Crippen LogP contribution is 2.33. The number of pyridine rings is 1. The van der Waals surface area contributed by atoms with E-state index in [1.165, 1.54) is 18.2 Å². The Morgan fingerprint density at radius 2 is 1.77 bits per heavy atom. The lowest BCUT2D eigenvalue weighted by Crippen LogP contribution is -2.40. The van der Waals surface area contributed by atoms with Gasteiger partial charge in [-0.25, -0.2) is 0 Å². The third kappa shape index (κ3) is 6.35. The molecule has 5 rings (SSSR count). The van der Waals surface area contributed by atoms with Crippen LogP contribution in [0.25, 0.3) is 28.2 Å². The quantitative estimate of drug-likeness (QED) is 0.289. The van der Waals surface area contributed by atoms with Crippen LogP contribution in [0.4, 0.5) is 13.2 Å². The molecule has 40 heavy (non-hydrogen) atoms. The molecule has 4 aromatic rings. The minimum atomic E-state index is -4.52. The SMILES string of the molecule is O=C(/C=C/c1ccc(C(F)(F)F)nc1)NCc1cc2cc(-c3ccc(C(=O)N4CCOCC4)cc3)cc(Cl)c2o1. The summed E-state index contributed by atoms with van der Waals surface area (Å²) in [5.41, 5.74) is 2.14. The van der Waals surface area contributed by atoms with Crippen molar-refractivity contribution in [3.05, 3.63) is 94.5 Å². The molecule has 1 aliphatic heterocycles. The highest BCUT2D eigenvalue weighted by atomic mass is 35.5. The van der Waals surface area contributed by atoms with E-state index in [2.05, 4.69) is 10.3 Å². The summed E-state index contributed by atoms with van der Waals surface area (Å²) in [6.07, 6.45) is -0.916. The van der Waals surface area contributed by atoms with Crippen LogP contribution in [0.15, 0.2) is 71.3 Å². The van der Waals surface area contributed by atoms with Crippen LogP contribution in [-0.2, 0) is 22.3 Å². The number of alkyl halides is 3. The molecule has 0 unspecified atom stereocenters. The van der Waals surface area contributed by atoms with Gasteiger partial charge in [0, 0.05) is 36.3 Å². The van der Waals surface area contributed by atoms with Gasteiger partial charge in [0.2, 0.25) is 5.91 Å². The van der Waals surface area contributed by atoms with Gasteiger partial charge in [0.05, 0.1) is 24.8 Å². The average molecular weight is 570 g/mol. The van der Waals surface area contributed by atoms with Crippen LogP contribution < -0.4 is 5.32 Å². The molecule has 1 N–H and O–H groups in total. The molecule has 2 amide bonds. The first-order chi connectivity index (χ1) is 19.2. The number of nitrogens with one attached hydrogen (secondary N) is 1. The van der Waals surface area contributed by atoms with Crippen LogP contribution in [0.2, 0.25) is 5.02 Å². The van der Waals surface area contributed by atoms with Crippen LogP contribution in [-0.4, -0.2) is 48.0 Å². The van der Waals surface area contributed by atoms with Gasteiger partial charge in [-0.2, -0.15) is 13.2 Å². The van der Waals surface area contributed by atoms with Gasteiger partial charge in [-0.1, -0.05) is 29.8 Å². The van der Waals surface area contributed by atoms with Gasteiger partial charge in [-0.15, -0.1) is 0 Å². The number of fused-ring (bicyclic) bond motifs is 1. The largest absolute Gasteiger partial charge is 0.458 e. The fraction of sp³-hybridized carbons (Fsp3) is 0.207. The maximum Gasteiger partial charge on any atom is 0.433 e. The molecular weight excluding hydrogens is 547 g/mol. The molecule has 1 aliphatic rings. The van der Waals surface area contributed by atoms with E-state index in [0.29, 0.717) is 53.8 Å². The predicted molar refractivity (Wildman–Crippen MR) is 144 cm³/mol. The first kappa shape index (κ1) is 27.4. The van der Waals surface area contributed by atoms with Gasteiger partial charge >= 0.3 is 6.18 Å². The molecule has 0 aliphatic carbocycles. The van der Waals surface area contributed by atoms with E-state index < -0.39 is 17.8 Å². The van der Waals surface area contributed by atoms with E-state index >= 15 is 0 Å². The molecule has 2 aromatic carbocycles. The number of furan rings is 1. The second-order valence-electron chi connectivity index (χ2n) is 9.10. The Morgan fingerprint density at radius 1 is 1.02 bits per heavy atom. The maximum atomic E-state index is 12.7. The second kappa shape index (κ2) is 11.5. The van der Waals surface area contributed by atoms with E-state index in [9.17, 15) is 22.8 Å². The monoisotopic (exact) mass is 569 g/mol. The summed E-state index contributed by atoms with van der Waals surface area (Å²) < 4.78 is 49.0. The average Bonchev–Trinajstić information content (AvgIpc) is 3.39. The third-order valence-corrected chi connectivity index (χ3v) is 6.61. The molecule has 0 spiro atoms. The topological polar surface area (TPSA) is 84.7 Å². The Kier molecular flexibility index (Phi) is 7.90. The molecule has 0 atom stereocenters. The molecule has 3 heterocycles. The summed E-state index contributed by atoms with van der Waals surface area (Å²) in [5.74, 6) is -0.0203. The second-order valence-corrected chi connectivity index (χ2v) is 9.50. The van der Waals surface area contributed by atoms with Crippen molar-refractivity contribution in [2.45, 2.75) is 12.7 Å². The molecule has 2 aromatic heterocycles. The van der Waals surface area contributed by atoms with Crippen LogP contribution in [0, 0.1) is 0 Å². The number of rotatable bonds is 6. The zero-order chi connectivity index (χ0) is 28.3. The number of ether oxygens (including phenoxy) is 1. The fourth-order valence-electron chi connectivity index (χ4n) is 4.25. The summed E-state index contributed by atoms with van der Waals surface area (Å²) in [4.78, 5) is 30.1. The number of amides is 2. The minimum Gasteiger partial charge on any atom is -0.458 e. The highest BCUT2D eigenvalue weighted by Gasteiger charge is 2.31. The van der Waals surface area contributed by atoms with Crippen LogP contribution in [0.1, 0.15) is 27.4 Å². The number of hydrogen-bond donors (Lipinski definition) is 1. The standard InChI is InChI=1S/C29H23ClF3N3O4/c30-24-15-21(19-3-5-20(6-4-19)28(38)36-9-11-39-12-10-36)13-22-14-23(40-27(22)24)17-35-26(37)8-2-18-1-7-25(34-16-18)29(31,32)33/h1-8,13-16H,9-12,17H2,(H,35,37)/b8-2+. The van der Waals surface area contributed by atoms with E-state index in [0.717, 1.165) is 28.8 Å². The molecular formula is C29H23ClF3N3O4. The first-order valence-corrected chi connectivity index (χ1v) is 12.7. The summed E-state index contributed by atoms with van der Waals surface area (Å²) in [5, 5.41) is 3.81. The van der Waals surface area contributed by atoms with Crippen molar-refractivity contribution in [3.63, 3.8) is 0 Å². The normalized spacial score (nSPS) is 14.2. The molecule has 206 valence electrons. The number of hydrogen-bond acceptors (Lipinski definition) is 5.